The predicted molar refractivity (Wildman–Crippen MR) is 100 cm³/mol. The normalized spacial score (nSPS) is 17.2. The summed E-state index contributed by atoms with van der Waals surface area (Å²) in [5, 5.41) is -0.0133. The Labute approximate surface area is 164 Å². The van der Waals surface area contributed by atoms with Crippen LogP contribution in [-0.2, 0) is 20.0 Å². The maximum Gasteiger partial charge on any atom is 0.260 e. The summed E-state index contributed by atoms with van der Waals surface area (Å²) in [6, 6.07) is 4.47. The molecular weight excluding hydrogens is 408 g/mol. The standard InChI is InChI=1S/C16H22N4O6S2/c1-25-13-4-5-15(14(10-13)26-2)27(21,22)19-6-3-7-20(9-8-19)28(23,24)16-11-17-12-18-16/h4-5,10-12H,3,6-9H2,1-2H3,(H,17,18). The number of H-pyrrole nitrogens is 1. The zero-order valence-corrected chi connectivity index (χ0v) is 17.2. The maximum atomic E-state index is 13.1. The number of rotatable bonds is 6. The van der Waals surface area contributed by atoms with E-state index < -0.39 is 20.0 Å². The van der Waals surface area contributed by atoms with Gasteiger partial charge < -0.3 is 14.5 Å². The Morgan fingerprint density at radius 3 is 2.21 bits per heavy atom. The zero-order chi connectivity index (χ0) is 20.4. The van der Waals surface area contributed by atoms with Gasteiger partial charge in [-0.25, -0.2) is 21.8 Å². The summed E-state index contributed by atoms with van der Waals surface area (Å²) in [7, 11) is -4.75. The third-order valence-electron chi connectivity index (χ3n) is 4.49. The van der Waals surface area contributed by atoms with Crippen LogP contribution in [0.3, 0.4) is 0 Å². The van der Waals surface area contributed by atoms with E-state index in [1.807, 2.05) is 0 Å². The average Bonchev–Trinajstić information content (AvgIpc) is 3.12. The molecule has 1 aromatic heterocycles. The molecular formula is C16H22N4O6S2. The van der Waals surface area contributed by atoms with E-state index >= 15 is 0 Å². The summed E-state index contributed by atoms with van der Waals surface area (Å²) >= 11 is 0. The van der Waals surface area contributed by atoms with E-state index in [4.69, 9.17) is 9.47 Å². The number of nitrogens with one attached hydrogen (secondary N) is 1. The van der Waals surface area contributed by atoms with E-state index in [1.165, 1.54) is 47.5 Å². The number of ether oxygens (including phenoxy) is 2. The third kappa shape index (κ3) is 3.85. The van der Waals surface area contributed by atoms with Gasteiger partial charge in [0.2, 0.25) is 10.0 Å². The van der Waals surface area contributed by atoms with Gasteiger partial charge in [-0.2, -0.15) is 8.61 Å². The molecule has 1 aliphatic heterocycles. The molecule has 3 rings (SSSR count). The molecule has 1 aliphatic rings. The van der Waals surface area contributed by atoms with Crippen molar-refractivity contribution in [2.24, 2.45) is 0 Å². The minimum absolute atomic E-state index is 0.0133. The molecule has 0 atom stereocenters. The number of imidazole rings is 1. The molecule has 10 nitrogen and oxygen atoms in total. The summed E-state index contributed by atoms with van der Waals surface area (Å²) in [6.07, 6.45) is 2.89. The molecule has 12 heteroatoms. The fraction of sp³-hybridized carbons (Fsp3) is 0.438. The van der Waals surface area contributed by atoms with Crippen LogP contribution < -0.4 is 9.47 Å². The van der Waals surface area contributed by atoms with Gasteiger partial charge in [0.05, 0.1) is 26.7 Å². The van der Waals surface area contributed by atoms with Gasteiger partial charge in [-0.3, -0.25) is 0 Å². The molecule has 0 bridgehead atoms. The summed E-state index contributed by atoms with van der Waals surface area (Å²) in [4.78, 5) is 6.34. The van der Waals surface area contributed by atoms with Gasteiger partial charge in [0.25, 0.3) is 10.0 Å². The number of aromatic nitrogens is 2. The third-order valence-corrected chi connectivity index (χ3v) is 8.26. The Bertz CT molecular complexity index is 1020. The first-order chi connectivity index (χ1) is 13.3. The fourth-order valence-corrected chi connectivity index (χ4v) is 5.97. The Kier molecular flexibility index (Phi) is 5.93. The number of hydrogen-bond acceptors (Lipinski definition) is 7. The summed E-state index contributed by atoms with van der Waals surface area (Å²) in [6.45, 7) is 0.490. The van der Waals surface area contributed by atoms with Gasteiger partial charge in [-0.15, -0.1) is 0 Å². The molecule has 0 spiro atoms. The summed E-state index contributed by atoms with van der Waals surface area (Å²) < 4.78 is 64.4. The van der Waals surface area contributed by atoms with Crippen molar-refractivity contribution < 1.29 is 26.3 Å². The number of sulfonamides is 2. The first-order valence-corrected chi connectivity index (χ1v) is 11.4. The minimum Gasteiger partial charge on any atom is -0.497 e. The molecule has 28 heavy (non-hydrogen) atoms. The van der Waals surface area contributed by atoms with Gasteiger partial charge in [0, 0.05) is 32.2 Å². The molecule has 2 heterocycles. The van der Waals surface area contributed by atoms with Crippen LogP contribution in [0.15, 0.2) is 40.6 Å². The predicted octanol–water partition coefficient (Wildman–Crippen LogP) is 0.512. The van der Waals surface area contributed by atoms with Gasteiger partial charge in [-0.05, 0) is 18.6 Å². The van der Waals surface area contributed by atoms with Crippen molar-refractivity contribution in [3.8, 4) is 11.5 Å². The van der Waals surface area contributed by atoms with Crippen LogP contribution in [0.2, 0.25) is 0 Å². The average molecular weight is 431 g/mol. The van der Waals surface area contributed by atoms with Gasteiger partial charge in [-0.1, -0.05) is 0 Å². The largest absolute Gasteiger partial charge is 0.497 e. The summed E-state index contributed by atoms with van der Waals surface area (Å²) in [5.74, 6) is 0.647. The van der Waals surface area contributed by atoms with Gasteiger partial charge in [0.15, 0.2) is 5.03 Å². The molecule has 0 unspecified atom stereocenters. The molecule has 1 fully saturated rings. The Balaban J connectivity index is 1.84. The monoisotopic (exact) mass is 430 g/mol. The van der Waals surface area contributed by atoms with Crippen LogP contribution in [0.1, 0.15) is 6.42 Å². The Morgan fingerprint density at radius 2 is 1.64 bits per heavy atom. The number of aromatic amines is 1. The highest BCUT2D eigenvalue weighted by atomic mass is 32.2. The molecule has 2 aromatic rings. The highest BCUT2D eigenvalue weighted by molar-refractivity contribution is 7.89. The van der Waals surface area contributed by atoms with E-state index in [0.717, 1.165) is 0 Å². The van der Waals surface area contributed by atoms with Crippen molar-refractivity contribution in [3.63, 3.8) is 0 Å². The van der Waals surface area contributed by atoms with E-state index in [9.17, 15) is 16.8 Å². The fourth-order valence-electron chi connectivity index (χ4n) is 3.00. The van der Waals surface area contributed by atoms with Crippen LogP contribution in [-0.4, -0.2) is 75.8 Å². The van der Waals surface area contributed by atoms with Crippen molar-refractivity contribution in [2.75, 3.05) is 40.4 Å². The second-order valence-corrected chi connectivity index (χ2v) is 9.91. The number of nitrogens with zero attached hydrogens (tertiary/aromatic N) is 3. The molecule has 1 aromatic carbocycles. The molecule has 154 valence electrons. The second-order valence-electron chi connectivity index (χ2n) is 6.09. The lowest BCUT2D eigenvalue weighted by Gasteiger charge is -2.22. The first kappa shape index (κ1) is 20.6. The van der Waals surface area contributed by atoms with Crippen molar-refractivity contribution in [3.05, 3.63) is 30.7 Å². The van der Waals surface area contributed by atoms with Crippen LogP contribution in [0.5, 0.6) is 11.5 Å². The second kappa shape index (κ2) is 8.07. The molecule has 0 amide bonds. The highest BCUT2D eigenvalue weighted by Crippen LogP contribution is 2.31. The van der Waals surface area contributed by atoms with Crippen molar-refractivity contribution in [1.29, 1.82) is 0 Å². The van der Waals surface area contributed by atoms with E-state index in [2.05, 4.69) is 9.97 Å². The molecule has 0 radical (unpaired) electrons. The molecule has 0 saturated carbocycles. The number of hydrogen-bond donors (Lipinski definition) is 1. The SMILES string of the molecule is COc1ccc(S(=O)(=O)N2CCCN(S(=O)(=O)c3cnc[nH]3)CC2)c(OC)c1. The Morgan fingerprint density at radius 1 is 0.964 bits per heavy atom. The lowest BCUT2D eigenvalue weighted by molar-refractivity contribution is 0.379. The van der Waals surface area contributed by atoms with Crippen LogP contribution in [0, 0.1) is 0 Å². The van der Waals surface area contributed by atoms with Crippen LogP contribution in [0.4, 0.5) is 0 Å². The molecule has 0 aliphatic carbocycles. The van der Waals surface area contributed by atoms with Crippen molar-refractivity contribution in [1.82, 2.24) is 18.6 Å². The minimum atomic E-state index is -3.86. The Hall–Kier alpha value is -2.15. The maximum absolute atomic E-state index is 13.1. The first-order valence-electron chi connectivity index (χ1n) is 8.51. The quantitative estimate of drug-likeness (QED) is 0.709. The van der Waals surface area contributed by atoms with E-state index in [-0.39, 0.29) is 41.8 Å². The van der Waals surface area contributed by atoms with Gasteiger partial charge >= 0.3 is 0 Å². The lowest BCUT2D eigenvalue weighted by Crippen LogP contribution is -2.37. The zero-order valence-electron chi connectivity index (χ0n) is 15.5. The van der Waals surface area contributed by atoms with Crippen molar-refractivity contribution >= 4 is 20.0 Å². The van der Waals surface area contributed by atoms with E-state index in [1.54, 1.807) is 6.07 Å². The smallest absolute Gasteiger partial charge is 0.260 e. The lowest BCUT2D eigenvalue weighted by atomic mass is 10.3. The topological polar surface area (TPSA) is 122 Å². The molecule has 1 N–H and O–H groups in total. The summed E-state index contributed by atoms with van der Waals surface area (Å²) in [5.41, 5.74) is 0. The van der Waals surface area contributed by atoms with Crippen molar-refractivity contribution in [2.45, 2.75) is 16.3 Å². The highest BCUT2D eigenvalue weighted by Gasteiger charge is 2.33. The van der Waals surface area contributed by atoms with Crippen LogP contribution in [0.25, 0.3) is 0 Å². The van der Waals surface area contributed by atoms with E-state index in [0.29, 0.717) is 12.2 Å². The van der Waals surface area contributed by atoms with Crippen LogP contribution >= 0.6 is 0 Å². The number of benzene rings is 1. The number of methoxy groups -OCH3 is 2. The molecule has 1 saturated heterocycles. The van der Waals surface area contributed by atoms with Gasteiger partial charge in [0.1, 0.15) is 16.4 Å².